The average molecular weight is 269 g/mol. The Morgan fingerprint density at radius 3 is 2.25 bits per heavy atom. The van der Waals surface area contributed by atoms with Crippen LogP contribution in [0.15, 0.2) is 43.0 Å². The third-order valence-electron chi connectivity index (χ3n) is 5.46. The Morgan fingerprint density at radius 2 is 1.65 bits per heavy atom. The van der Waals surface area contributed by atoms with E-state index in [0.29, 0.717) is 5.54 Å². The molecule has 0 spiro atoms. The zero-order chi connectivity index (χ0) is 13.8. The predicted molar refractivity (Wildman–Crippen MR) is 85.7 cm³/mol. The summed E-state index contributed by atoms with van der Waals surface area (Å²) in [5.41, 5.74) is 1.85. The Bertz CT molecular complexity index is 422. The van der Waals surface area contributed by atoms with E-state index in [0.717, 1.165) is 5.92 Å². The van der Waals surface area contributed by atoms with Gasteiger partial charge in [-0.15, -0.1) is 6.58 Å². The van der Waals surface area contributed by atoms with Crippen molar-refractivity contribution >= 4 is 0 Å². The molecule has 2 aliphatic rings. The van der Waals surface area contributed by atoms with Gasteiger partial charge in [-0.1, -0.05) is 42.8 Å². The second-order valence-corrected chi connectivity index (χ2v) is 6.52. The van der Waals surface area contributed by atoms with Crippen molar-refractivity contribution < 1.29 is 0 Å². The summed E-state index contributed by atoms with van der Waals surface area (Å²) >= 11 is 0. The van der Waals surface area contributed by atoms with E-state index in [1.165, 1.54) is 58.0 Å². The van der Waals surface area contributed by atoms with Gasteiger partial charge in [-0.3, -0.25) is 4.90 Å². The Labute approximate surface area is 123 Å². The molecule has 1 aliphatic carbocycles. The number of hydrogen-bond acceptors (Lipinski definition) is 1. The van der Waals surface area contributed by atoms with Crippen molar-refractivity contribution in [2.45, 2.75) is 50.5 Å². The van der Waals surface area contributed by atoms with Crippen LogP contribution in [-0.4, -0.2) is 18.0 Å². The van der Waals surface area contributed by atoms with Gasteiger partial charge in [-0.25, -0.2) is 0 Å². The van der Waals surface area contributed by atoms with E-state index in [-0.39, 0.29) is 0 Å². The molecule has 0 bridgehead atoms. The minimum Gasteiger partial charge on any atom is -0.294 e. The molecule has 1 heterocycles. The molecule has 108 valence electrons. The lowest BCUT2D eigenvalue weighted by Gasteiger charge is -2.50. The molecule has 0 atom stereocenters. The van der Waals surface area contributed by atoms with Gasteiger partial charge in [0.05, 0.1) is 0 Å². The summed E-state index contributed by atoms with van der Waals surface area (Å²) in [6, 6.07) is 11.3. The van der Waals surface area contributed by atoms with Gasteiger partial charge in [-0.2, -0.15) is 0 Å². The van der Waals surface area contributed by atoms with Crippen molar-refractivity contribution in [1.29, 1.82) is 0 Å². The molecule has 0 aromatic heterocycles. The highest BCUT2D eigenvalue weighted by Crippen LogP contribution is 2.45. The molecule has 0 radical (unpaired) electrons. The third-order valence-corrected chi connectivity index (χ3v) is 5.46. The predicted octanol–water partition coefficient (Wildman–Crippen LogP) is 4.74. The molecule has 0 unspecified atom stereocenters. The summed E-state index contributed by atoms with van der Waals surface area (Å²) < 4.78 is 0. The average Bonchev–Trinajstić information content (AvgIpc) is 2.56. The van der Waals surface area contributed by atoms with Crippen LogP contribution in [0.1, 0.15) is 50.5 Å². The molecule has 1 saturated heterocycles. The van der Waals surface area contributed by atoms with E-state index in [4.69, 9.17) is 0 Å². The Hall–Kier alpha value is -1.08. The fourth-order valence-corrected chi connectivity index (χ4v) is 4.21. The number of hydrogen-bond donors (Lipinski definition) is 0. The lowest BCUT2D eigenvalue weighted by atomic mass is 9.71. The first-order chi connectivity index (χ1) is 9.85. The summed E-state index contributed by atoms with van der Waals surface area (Å²) in [6.45, 7) is 6.57. The topological polar surface area (TPSA) is 3.24 Å². The van der Waals surface area contributed by atoms with Crippen molar-refractivity contribution in [2.75, 3.05) is 13.1 Å². The first kappa shape index (κ1) is 13.9. The molecule has 0 amide bonds. The van der Waals surface area contributed by atoms with E-state index in [9.17, 15) is 0 Å². The van der Waals surface area contributed by atoms with Gasteiger partial charge in [0.25, 0.3) is 0 Å². The molecule has 1 nitrogen and oxygen atoms in total. The minimum atomic E-state index is 0.307. The lowest BCUT2D eigenvalue weighted by molar-refractivity contribution is 0.0226. The van der Waals surface area contributed by atoms with Crippen LogP contribution >= 0.6 is 0 Å². The smallest absolute Gasteiger partial charge is 0.0461 e. The fraction of sp³-hybridized carbons (Fsp3) is 0.579. The molecular formula is C19H27N. The van der Waals surface area contributed by atoms with Gasteiger partial charge in [-0.05, 0) is 63.1 Å². The number of benzene rings is 1. The quantitative estimate of drug-likeness (QED) is 0.716. The molecule has 1 aliphatic heterocycles. The van der Waals surface area contributed by atoms with Crippen molar-refractivity contribution in [1.82, 2.24) is 4.90 Å². The molecule has 1 saturated carbocycles. The van der Waals surface area contributed by atoms with Gasteiger partial charge < -0.3 is 0 Å². The highest BCUT2D eigenvalue weighted by molar-refractivity contribution is 5.26. The highest BCUT2D eigenvalue weighted by atomic mass is 15.2. The van der Waals surface area contributed by atoms with Crippen LogP contribution in [0.5, 0.6) is 0 Å². The Morgan fingerprint density at radius 1 is 1.00 bits per heavy atom. The van der Waals surface area contributed by atoms with Crippen molar-refractivity contribution in [3.8, 4) is 0 Å². The molecule has 1 aromatic carbocycles. The number of nitrogens with zero attached hydrogens (tertiary/aromatic N) is 1. The second kappa shape index (κ2) is 6.13. The Kier molecular flexibility index (Phi) is 4.26. The summed E-state index contributed by atoms with van der Waals surface area (Å²) in [5.74, 6) is 0.733. The number of allylic oxidation sites excluding steroid dienone is 1. The summed E-state index contributed by atoms with van der Waals surface area (Å²) in [6.07, 6.45) is 11.5. The number of piperidine rings is 1. The van der Waals surface area contributed by atoms with Gasteiger partial charge >= 0.3 is 0 Å². The molecule has 20 heavy (non-hydrogen) atoms. The largest absolute Gasteiger partial charge is 0.294 e. The fourth-order valence-electron chi connectivity index (χ4n) is 4.21. The van der Waals surface area contributed by atoms with Crippen LogP contribution in [0.2, 0.25) is 0 Å². The summed E-state index contributed by atoms with van der Waals surface area (Å²) in [5, 5.41) is 0. The van der Waals surface area contributed by atoms with Crippen LogP contribution in [0.25, 0.3) is 0 Å². The van der Waals surface area contributed by atoms with Gasteiger partial charge in [0, 0.05) is 5.54 Å². The molecule has 1 aromatic rings. The molecule has 0 N–H and O–H groups in total. The van der Waals surface area contributed by atoms with Crippen LogP contribution in [0.3, 0.4) is 0 Å². The monoisotopic (exact) mass is 269 g/mol. The van der Waals surface area contributed by atoms with Crippen LogP contribution < -0.4 is 0 Å². The first-order valence-corrected chi connectivity index (χ1v) is 8.28. The molecule has 1 heteroatoms. The number of likely N-dealkylation sites (tertiary alicyclic amines) is 1. The van der Waals surface area contributed by atoms with Gasteiger partial charge in [0.1, 0.15) is 0 Å². The maximum absolute atomic E-state index is 4.00. The Balaban J connectivity index is 1.89. The highest BCUT2D eigenvalue weighted by Gasteiger charge is 2.41. The van der Waals surface area contributed by atoms with Gasteiger partial charge in [0.15, 0.2) is 0 Å². The van der Waals surface area contributed by atoms with Crippen molar-refractivity contribution in [3.63, 3.8) is 0 Å². The van der Waals surface area contributed by atoms with E-state index >= 15 is 0 Å². The first-order valence-electron chi connectivity index (χ1n) is 8.28. The van der Waals surface area contributed by atoms with Gasteiger partial charge in [0.2, 0.25) is 0 Å². The van der Waals surface area contributed by atoms with Crippen LogP contribution in [-0.2, 0) is 5.54 Å². The third kappa shape index (κ3) is 2.56. The lowest BCUT2D eigenvalue weighted by Crippen LogP contribution is -2.50. The molecular weight excluding hydrogens is 242 g/mol. The normalized spacial score (nSPS) is 31.9. The zero-order valence-electron chi connectivity index (χ0n) is 12.6. The van der Waals surface area contributed by atoms with Crippen LogP contribution in [0.4, 0.5) is 0 Å². The van der Waals surface area contributed by atoms with E-state index in [1.54, 1.807) is 5.56 Å². The molecule has 2 fully saturated rings. The standard InChI is InChI=1S/C19H27N/c1-2-17-11-13-19(14-12-17,18-9-5-3-6-10-18)20-15-7-4-8-16-20/h2-3,5-6,9-10,17H,1,4,7-8,11-16H2. The van der Waals surface area contributed by atoms with E-state index in [2.05, 4.69) is 47.9 Å². The maximum Gasteiger partial charge on any atom is 0.0461 e. The maximum atomic E-state index is 4.00. The van der Waals surface area contributed by atoms with Crippen molar-refractivity contribution in [3.05, 3.63) is 48.6 Å². The summed E-state index contributed by atoms with van der Waals surface area (Å²) in [7, 11) is 0. The minimum absolute atomic E-state index is 0.307. The van der Waals surface area contributed by atoms with E-state index in [1.807, 2.05) is 0 Å². The zero-order valence-corrected chi connectivity index (χ0v) is 12.6. The second-order valence-electron chi connectivity index (χ2n) is 6.52. The molecule has 3 rings (SSSR count). The van der Waals surface area contributed by atoms with Crippen LogP contribution in [0, 0.1) is 5.92 Å². The van der Waals surface area contributed by atoms with Crippen molar-refractivity contribution in [2.24, 2.45) is 5.92 Å². The summed E-state index contributed by atoms with van der Waals surface area (Å²) in [4.78, 5) is 2.80. The SMILES string of the molecule is C=CC1CCC(c2ccccc2)(N2CCCCC2)CC1. The number of rotatable bonds is 3. The van der Waals surface area contributed by atoms with E-state index < -0.39 is 0 Å².